The van der Waals surface area contributed by atoms with Crippen molar-refractivity contribution in [2.45, 2.75) is 329 Å². The number of nitrogens with one attached hydrogen (secondary N) is 1. The second-order valence-corrected chi connectivity index (χ2v) is 43.9. The van der Waals surface area contributed by atoms with Crippen molar-refractivity contribution in [2.24, 2.45) is 55.8 Å². The molecule has 6 aliphatic heterocycles. The molecule has 10 heterocycles. The van der Waals surface area contributed by atoms with Crippen LogP contribution in [0, 0.1) is 35.5 Å². The van der Waals surface area contributed by atoms with Gasteiger partial charge in [-0.25, -0.2) is 42.9 Å². The molecule has 4 aromatic heterocycles. The van der Waals surface area contributed by atoms with E-state index in [1.807, 2.05) is 132 Å². The summed E-state index contributed by atoms with van der Waals surface area (Å²) in [6.45, 7) is 27.7. The summed E-state index contributed by atoms with van der Waals surface area (Å²) in [5.74, 6) is -12.3. The number of aliphatic hydroxyl groups is 3. The number of aliphatic hydroxyl groups excluding tert-OH is 1. The zero-order valence-corrected chi connectivity index (χ0v) is 90.6. The van der Waals surface area contributed by atoms with Gasteiger partial charge in [0.15, 0.2) is 43.5 Å². The lowest BCUT2D eigenvalue weighted by atomic mass is 9.73. The minimum atomic E-state index is -3.94. The Morgan fingerprint density at radius 1 is 0.565 bits per heavy atom. The van der Waals surface area contributed by atoms with Gasteiger partial charge in [0.2, 0.25) is 11.8 Å². The number of hydrogen-bond acceptors (Lipinski definition) is 37. The molecular weight excluding hydrogens is 1970 g/mol. The molecule has 4 bridgehead atoms. The molecule has 147 heavy (non-hydrogen) atoms. The van der Waals surface area contributed by atoms with Crippen molar-refractivity contribution < 1.29 is 133 Å². The topological polar surface area (TPSA) is 481 Å². The molecule has 43 heteroatoms. The molecule has 0 saturated carbocycles. The number of oxime groups is 2. The zero-order valence-electron chi connectivity index (χ0n) is 88.1. The summed E-state index contributed by atoms with van der Waals surface area (Å²) in [6.07, 6.45) is -9.98. The van der Waals surface area contributed by atoms with Gasteiger partial charge < -0.3 is 92.6 Å². The number of esters is 3. The average Bonchev–Trinajstić information content (AvgIpc) is 1.75. The fraction of sp³-hybridized carbons (Fsp3) is 0.625. The van der Waals surface area contributed by atoms with Crippen molar-refractivity contribution in [1.82, 2.24) is 29.7 Å². The monoisotopic (exact) mass is 2110 g/mol. The van der Waals surface area contributed by atoms with Gasteiger partial charge in [-0.15, -0.1) is 22.7 Å². The first-order valence-electron chi connectivity index (χ1n) is 49.9. The van der Waals surface area contributed by atoms with Crippen LogP contribution in [0.3, 0.4) is 0 Å². The van der Waals surface area contributed by atoms with Gasteiger partial charge in [0, 0.05) is 95.2 Å². The number of alkyl halides is 2. The van der Waals surface area contributed by atoms with Crippen LogP contribution in [0.25, 0.3) is 21.1 Å². The van der Waals surface area contributed by atoms with Crippen LogP contribution < -0.4 is 10.8 Å². The van der Waals surface area contributed by atoms with E-state index in [1.165, 1.54) is 57.3 Å². The average molecular weight is 2110 g/mol. The number of aromatic nitrogens is 4. The van der Waals surface area contributed by atoms with Gasteiger partial charge in [0.05, 0.1) is 105 Å². The van der Waals surface area contributed by atoms with Crippen LogP contribution in [0.2, 0.25) is 0 Å². The molecule has 6 N–H and O–H groups in total. The number of rotatable bonds is 27. The molecule has 26 atom stereocenters. The van der Waals surface area contributed by atoms with Gasteiger partial charge in [0.1, 0.15) is 62.6 Å². The van der Waals surface area contributed by atoms with Gasteiger partial charge in [-0.1, -0.05) is 140 Å². The molecular formula is C104H145F2N12O26PS2. The van der Waals surface area contributed by atoms with Crippen molar-refractivity contribution >= 4 is 106 Å². The fourth-order valence-electron chi connectivity index (χ4n) is 19.8. The molecule has 6 aromatic rings. The number of halogens is 2. The van der Waals surface area contributed by atoms with Crippen molar-refractivity contribution in [3.63, 3.8) is 0 Å². The number of nitrogen functional groups attached to an aromatic ring is 1. The fourth-order valence-corrected chi connectivity index (χ4v) is 22.6. The van der Waals surface area contributed by atoms with Crippen LogP contribution in [-0.4, -0.2) is 283 Å². The first-order valence-corrected chi connectivity index (χ1v) is 53.2. The maximum Gasteiger partial charge on any atom is 0.434 e. The van der Waals surface area contributed by atoms with E-state index >= 15 is 8.78 Å². The molecule has 6 fully saturated rings. The van der Waals surface area contributed by atoms with E-state index in [0.717, 1.165) is 30.5 Å². The van der Waals surface area contributed by atoms with E-state index < -0.39 is 204 Å². The lowest BCUT2D eigenvalue weighted by Crippen LogP contribution is -2.62. The number of amides is 2. The Morgan fingerprint density at radius 2 is 0.980 bits per heavy atom. The number of carbonyl (C=O) groups is 7. The number of cyclic esters (lactones) is 2. The van der Waals surface area contributed by atoms with Gasteiger partial charge in [-0.3, -0.25) is 48.1 Å². The third-order valence-electron chi connectivity index (χ3n) is 27.8. The zero-order chi connectivity index (χ0) is 108. The Kier molecular flexibility index (Phi) is 40.9. The summed E-state index contributed by atoms with van der Waals surface area (Å²) < 4.78 is 131. The van der Waals surface area contributed by atoms with E-state index in [1.54, 1.807) is 96.7 Å². The van der Waals surface area contributed by atoms with Crippen molar-refractivity contribution in [2.75, 3.05) is 65.4 Å². The normalized spacial score (nSPS) is 33.9. The number of aliphatic imine (C=N–C) groups is 2. The van der Waals surface area contributed by atoms with Crippen LogP contribution in [0.15, 0.2) is 128 Å². The number of Topliss-reactive ketones (excluding diaryl/α,β-unsaturated/α-hetero) is 2. The SMILES string of the molecule is CCC(=O)N=C1[C@H](C)C[C@@]2(C)OC/C(=N/OCc3ccc(-c4nc(N)cs4)cn3)CO[C@H]([C@H]1C)[C@](C)(O)[C@@H](CC)OC(=O)[C@@](C)(F)C(=O)[C@H](C)[C@H]2O[C@@H]1O[C@H](C)C[C@H](N(C)C)[C@H]1OC(C)=O.CCC(=O)N=C1[C@H](C)C[C@@]2(C)OC/C(=N/OCc3ccc(-c4nc(NP(=O)(OCc5ccccc5)OCc5ccccc5)cs4)cn3)CO[C@H]([C@H]1C)[C@](C)(O)[C@@H](CC)OC(=O)[C@@](C)(F)C(=O)[C@H](C)[C@H]2O[C@@H]1O[C@H](C)C[C@H](N(C)C)[C@H]1O. The molecule has 808 valence electrons. The van der Waals surface area contributed by atoms with Crippen LogP contribution >= 0.6 is 30.4 Å². The number of benzene rings is 2. The van der Waals surface area contributed by atoms with Gasteiger partial charge in [0.25, 0.3) is 11.3 Å². The van der Waals surface area contributed by atoms with Crippen molar-refractivity contribution in [3.8, 4) is 21.1 Å². The summed E-state index contributed by atoms with van der Waals surface area (Å²) in [6, 6.07) is 24.9. The molecule has 6 saturated heterocycles. The number of thiazole rings is 2. The molecule has 0 aliphatic carbocycles. The van der Waals surface area contributed by atoms with Crippen LogP contribution in [0.1, 0.15) is 205 Å². The van der Waals surface area contributed by atoms with E-state index in [-0.39, 0.29) is 109 Å². The Morgan fingerprint density at radius 3 is 1.37 bits per heavy atom. The smallest absolute Gasteiger partial charge is 0.434 e. The second kappa shape index (κ2) is 51.1. The van der Waals surface area contributed by atoms with Crippen molar-refractivity contribution in [3.05, 3.63) is 131 Å². The maximum atomic E-state index is 17.1. The Hall–Kier alpha value is -9.54. The number of fused-ring (bicyclic) bond motifs is 10. The first kappa shape index (κ1) is 118. The van der Waals surface area contributed by atoms with Gasteiger partial charge >= 0.3 is 25.7 Å². The molecule has 38 nitrogen and oxygen atoms in total. The summed E-state index contributed by atoms with van der Waals surface area (Å²) in [5, 5.41) is 53.4. The summed E-state index contributed by atoms with van der Waals surface area (Å²) in [7, 11) is 3.33. The van der Waals surface area contributed by atoms with E-state index in [9.17, 15) is 53.4 Å². The molecule has 12 rings (SSSR count). The van der Waals surface area contributed by atoms with Gasteiger partial charge in [-0.2, -0.15) is 0 Å². The highest BCUT2D eigenvalue weighted by Gasteiger charge is 2.61. The number of ether oxygens (including phenoxy) is 11. The lowest BCUT2D eigenvalue weighted by Gasteiger charge is -2.48. The number of pyridine rings is 2. The molecule has 6 aliphatic rings. The van der Waals surface area contributed by atoms with Crippen LogP contribution in [0.4, 0.5) is 20.4 Å². The minimum Gasteiger partial charge on any atom is -0.457 e. The predicted octanol–water partition coefficient (Wildman–Crippen LogP) is 14.4. The number of anilines is 2. The summed E-state index contributed by atoms with van der Waals surface area (Å²) >= 11 is 2.68. The number of nitrogens with zero attached hydrogens (tertiary/aromatic N) is 10. The first-order chi connectivity index (χ1) is 69.3. The lowest BCUT2D eigenvalue weighted by molar-refractivity contribution is -0.299. The number of hydrogen-bond donors (Lipinski definition) is 5. The Labute approximate surface area is 866 Å². The van der Waals surface area contributed by atoms with Crippen molar-refractivity contribution in [1.29, 1.82) is 0 Å². The number of carbonyl (C=O) groups excluding carboxylic acids is 7. The molecule has 0 spiro atoms. The maximum absolute atomic E-state index is 17.1. The van der Waals surface area contributed by atoms with Gasteiger partial charge in [-0.05, 0) is 169 Å². The minimum absolute atomic E-state index is 0.0261. The van der Waals surface area contributed by atoms with E-state index in [0.29, 0.717) is 57.0 Å². The number of likely N-dealkylation sites (N-methyl/N-ethyl adjacent to an activating group) is 2. The predicted molar refractivity (Wildman–Crippen MR) is 546 cm³/mol. The Bertz CT molecular complexity index is 5580. The van der Waals surface area contributed by atoms with Crippen LogP contribution in [-0.2, 0) is 135 Å². The van der Waals surface area contributed by atoms with E-state index in [2.05, 4.69) is 45.3 Å². The highest BCUT2D eigenvalue weighted by molar-refractivity contribution is 7.55. The molecule has 2 aromatic carbocycles. The summed E-state index contributed by atoms with van der Waals surface area (Å²) in [4.78, 5) is 139. The molecule has 0 radical (unpaired) electrons. The second-order valence-electron chi connectivity index (χ2n) is 40.4. The molecule has 0 unspecified atom stereocenters. The van der Waals surface area contributed by atoms with Crippen LogP contribution in [0.5, 0.6) is 0 Å². The third kappa shape index (κ3) is 29.4. The Balaban J connectivity index is 0.000000286. The number of ketones is 2. The highest BCUT2D eigenvalue weighted by atomic mass is 32.1. The van der Waals surface area contributed by atoms with E-state index in [4.69, 9.17) is 76.6 Å². The molecule has 2 amide bonds. The number of nitrogens with two attached hydrogens (primary N) is 1. The largest absolute Gasteiger partial charge is 0.457 e. The quantitative estimate of drug-likeness (QED) is 0.0105. The standard InChI is InChI=1S/C58H78FN6O14PS.C46H67FN6O12S/c1-12-45-58(9,70)52-37(5)48(62-47(66)13-2)35(3)27-56(7,51(38(6)50(68)57(8,59)55(69)78-45)79-54-49(67)44(65(10)11)26-36(4)77-54)73-32-43(31-72-52)63-74-33-42-25-24-41(28-60-42)53-61-46(34-81-53)64-80(71,75-29-39-20-16-14-17-21-39)76-30-40-22-18-15-19-23-40;1-13-33-46(10,58)40-26(5)36(51-35(55)14-2)24(3)18-44(8,60-21-31(20-59-40)52-61-22-30-16-15-29(19-49-30)41-50-34(48)23-66-41)39(27(6)38(56)45(9,47)43(57)64-33)65-42-37(63-28(7)54)32(53(11)12)17-25(4)62-42/h14-25,28,34-38,44-45,49,51-52,54,67,70H,12-13,26-27,29-33H2,1-11H3,(H,64,71);15-16,19,23-27,32-33,37,39-40,42,58H,13-14,17-18,20-22,48H2,1-12H3/b62-48?,63-43+;51-36?,52-31+/t35-,36-,37+,38+,44+,45-,49-,51-,52-,54+,56-,57+,58-;24-,25-,26+,27+,32+,33-,37-,39-,40-,42+,44-,45+,46-/m11/s1. The highest BCUT2D eigenvalue weighted by Crippen LogP contribution is 2.51. The third-order valence-corrected chi connectivity index (χ3v) is 31.1. The summed E-state index contributed by atoms with van der Waals surface area (Å²) in [5.41, 5.74) is -3.13.